The first-order valence-corrected chi connectivity index (χ1v) is 9.88. The Bertz CT molecular complexity index is 803. The number of anilines is 1. The predicted octanol–water partition coefficient (Wildman–Crippen LogP) is 5.61. The van der Waals surface area contributed by atoms with Crippen molar-refractivity contribution in [2.45, 2.75) is 63.1 Å². The van der Waals surface area contributed by atoms with Crippen LogP contribution in [0, 0.1) is 0 Å². The Morgan fingerprint density at radius 2 is 1.77 bits per heavy atom. The smallest absolute Gasteiger partial charge is 0.248 e. The molecule has 2 aromatic carbocycles. The lowest BCUT2D eigenvalue weighted by atomic mass is 9.91. The molecule has 1 saturated carbocycles. The summed E-state index contributed by atoms with van der Waals surface area (Å²) in [4.78, 5) is 12.3. The molecular formula is C23H27NO2. The Labute approximate surface area is 155 Å². The summed E-state index contributed by atoms with van der Waals surface area (Å²) in [7, 11) is 0. The quantitative estimate of drug-likeness (QED) is 0.732. The Kier molecular flexibility index (Phi) is 5.07. The molecule has 3 nitrogen and oxygen atoms in total. The van der Waals surface area contributed by atoms with Crippen LogP contribution in [0.25, 0.3) is 10.8 Å². The molecular weight excluding hydrogens is 322 g/mol. The first kappa shape index (κ1) is 17.3. The normalized spacial score (nSPS) is 22.7. The van der Waals surface area contributed by atoms with Gasteiger partial charge in [-0.05, 0) is 48.6 Å². The van der Waals surface area contributed by atoms with E-state index in [0.717, 1.165) is 23.9 Å². The average molecular weight is 349 g/mol. The SMILES string of the molecule is O=C(C=CC1CCC2(CCCCCC2)O1)Nc1ccc2ccccc2c1. The monoisotopic (exact) mass is 349 g/mol. The lowest BCUT2D eigenvalue weighted by Crippen LogP contribution is -2.28. The predicted molar refractivity (Wildman–Crippen MR) is 106 cm³/mol. The Hall–Kier alpha value is -2.13. The molecule has 1 spiro atoms. The summed E-state index contributed by atoms with van der Waals surface area (Å²) in [6.45, 7) is 0. The topological polar surface area (TPSA) is 38.3 Å². The maximum atomic E-state index is 12.3. The number of carbonyl (C=O) groups is 1. The van der Waals surface area contributed by atoms with Crippen LogP contribution in [0.4, 0.5) is 5.69 Å². The van der Waals surface area contributed by atoms with Crippen molar-refractivity contribution in [2.24, 2.45) is 0 Å². The van der Waals surface area contributed by atoms with E-state index in [-0.39, 0.29) is 17.6 Å². The second kappa shape index (κ2) is 7.63. The molecule has 1 unspecified atom stereocenters. The van der Waals surface area contributed by atoms with Gasteiger partial charge in [-0.2, -0.15) is 0 Å². The van der Waals surface area contributed by atoms with E-state index in [2.05, 4.69) is 17.4 Å². The summed E-state index contributed by atoms with van der Waals surface area (Å²) in [6, 6.07) is 14.1. The number of hydrogen-bond acceptors (Lipinski definition) is 2. The van der Waals surface area contributed by atoms with Crippen molar-refractivity contribution in [2.75, 3.05) is 5.32 Å². The van der Waals surface area contributed by atoms with Crippen LogP contribution in [-0.4, -0.2) is 17.6 Å². The van der Waals surface area contributed by atoms with E-state index < -0.39 is 0 Å². The van der Waals surface area contributed by atoms with E-state index >= 15 is 0 Å². The van der Waals surface area contributed by atoms with Gasteiger partial charge in [0.05, 0.1) is 11.7 Å². The van der Waals surface area contributed by atoms with Gasteiger partial charge in [-0.25, -0.2) is 0 Å². The number of benzene rings is 2. The van der Waals surface area contributed by atoms with Crippen molar-refractivity contribution in [3.63, 3.8) is 0 Å². The first-order chi connectivity index (χ1) is 12.7. The van der Waals surface area contributed by atoms with Gasteiger partial charge >= 0.3 is 0 Å². The van der Waals surface area contributed by atoms with Crippen LogP contribution >= 0.6 is 0 Å². The van der Waals surface area contributed by atoms with Gasteiger partial charge in [0.15, 0.2) is 0 Å². The van der Waals surface area contributed by atoms with E-state index in [0.29, 0.717) is 0 Å². The standard InChI is InChI=1S/C23H27NO2/c25-22(24-20-10-9-18-7-3-4-8-19(18)17-20)12-11-21-13-16-23(26-21)14-5-1-2-6-15-23/h3-4,7-12,17,21H,1-2,5-6,13-16H2,(H,24,25). The van der Waals surface area contributed by atoms with Gasteiger partial charge in [0.25, 0.3) is 0 Å². The van der Waals surface area contributed by atoms with Crippen molar-refractivity contribution in [3.05, 3.63) is 54.6 Å². The van der Waals surface area contributed by atoms with Crippen molar-refractivity contribution in [3.8, 4) is 0 Å². The second-order valence-electron chi connectivity index (χ2n) is 7.70. The molecule has 1 saturated heterocycles. The Morgan fingerprint density at radius 1 is 1.00 bits per heavy atom. The molecule has 1 N–H and O–H groups in total. The fraction of sp³-hybridized carbons (Fsp3) is 0.435. The Balaban J connectivity index is 1.35. The largest absolute Gasteiger partial charge is 0.368 e. The first-order valence-electron chi connectivity index (χ1n) is 9.88. The maximum Gasteiger partial charge on any atom is 0.248 e. The zero-order chi connectivity index (χ0) is 17.8. The molecule has 4 rings (SSSR count). The molecule has 1 heterocycles. The summed E-state index contributed by atoms with van der Waals surface area (Å²) in [5.41, 5.74) is 0.909. The zero-order valence-electron chi connectivity index (χ0n) is 15.2. The summed E-state index contributed by atoms with van der Waals surface area (Å²) < 4.78 is 6.36. The highest BCUT2D eigenvalue weighted by Gasteiger charge is 2.39. The van der Waals surface area contributed by atoms with Gasteiger partial charge in [-0.15, -0.1) is 0 Å². The third-order valence-corrected chi connectivity index (χ3v) is 5.78. The molecule has 1 atom stereocenters. The third kappa shape index (κ3) is 3.99. The highest BCUT2D eigenvalue weighted by atomic mass is 16.5. The average Bonchev–Trinajstić information content (AvgIpc) is 2.91. The van der Waals surface area contributed by atoms with E-state index in [4.69, 9.17) is 4.74 Å². The molecule has 0 aromatic heterocycles. The molecule has 0 radical (unpaired) electrons. The molecule has 26 heavy (non-hydrogen) atoms. The number of amides is 1. The van der Waals surface area contributed by atoms with E-state index in [1.165, 1.54) is 43.9 Å². The van der Waals surface area contributed by atoms with Crippen LogP contribution in [0.15, 0.2) is 54.6 Å². The lowest BCUT2D eigenvalue weighted by molar-refractivity contribution is -0.112. The second-order valence-corrected chi connectivity index (χ2v) is 7.70. The van der Waals surface area contributed by atoms with Gasteiger partial charge in [-0.3, -0.25) is 4.79 Å². The summed E-state index contributed by atoms with van der Waals surface area (Å²) in [5.74, 6) is -0.0919. The lowest BCUT2D eigenvalue weighted by Gasteiger charge is -2.27. The molecule has 0 bridgehead atoms. The van der Waals surface area contributed by atoms with Crippen LogP contribution in [-0.2, 0) is 9.53 Å². The number of hydrogen-bond donors (Lipinski definition) is 1. The van der Waals surface area contributed by atoms with Crippen LogP contribution in [0.5, 0.6) is 0 Å². The number of rotatable bonds is 3. The minimum absolute atomic E-state index is 0.0791. The number of nitrogens with one attached hydrogen (secondary N) is 1. The molecule has 1 aliphatic heterocycles. The minimum atomic E-state index is -0.0919. The van der Waals surface area contributed by atoms with E-state index in [1.54, 1.807) is 6.08 Å². The van der Waals surface area contributed by atoms with Gasteiger partial charge in [-0.1, -0.05) is 62.1 Å². The summed E-state index contributed by atoms with van der Waals surface area (Å²) in [5, 5.41) is 5.26. The van der Waals surface area contributed by atoms with Crippen LogP contribution in [0.1, 0.15) is 51.4 Å². The molecule has 2 fully saturated rings. The van der Waals surface area contributed by atoms with Crippen LogP contribution in [0.2, 0.25) is 0 Å². The molecule has 136 valence electrons. The van der Waals surface area contributed by atoms with E-state index in [1.807, 2.05) is 36.4 Å². The van der Waals surface area contributed by atoms with Crippen LogP contribution < -0.4 is 5.32 Å². The molecule has 2 aromatic rings. The maximum absolute atomic E-state index is 12.3. The summed E-state index contributed by atoms with van der Waals surface area (Å²) >= 11 is 0. The minimum Gasteiger partial charge on any atom is -0.368 e. The van der Waals surface area contributed by atoms with Crippen molar-refractivity contribution < 1.29 is 9.53 Å². The Morgan fingerprint density at radius 3 is 2.58 bits per heavy atom. The number of fused-ring (bicyclic) bond motifs is 1. The van der Waals surface area contributed by atoms with Gasteiger partial charge in [0, 0.05) is 11.8 Å². The molecule has 1 amide bonds. The third-order valence-electron chi connectivity index (χ3n) is 5.78. The van der Waals surface area contributed by atoms with Crippen molar-refractivity contribution in [1.82, 2.24) is 0 Å². The van der Waals surface area contributed by atoms with Gasteiger partial charge in [0.2, 0.25) is 5.91 Å². The number of ether oxygens (including phenoxy) is 1. The van der Waals surface area contributed by atoms with E-state index in [9.17, 15) is 4.79 Å². The summed E-state index contributed by atoms with van der Waals surface area (Å²) in [6.07, 6.45) is 13.4. The fourth-order valence-corrected chi connectivity index (χ4v) is 4.37. The van der Waals surface area contributed by atoms with Crippen molar-refractivity contribution >= 4 is 22.4 Å². The highest BCUT2D eigenvalue weighted by Crippen LogP contribution is 2.41. The molecule has 3 heteroatoms. The number of carbonyl (C=O) groups excluding carboxylic acids is 1. The van der Waals surface area contributed by atoms with Crippen LogP contribution in [0.3, 0.4) is 0 Å². The van der Waals surface area contributed by atoms with Crippen molar-refractivity contribution in [1.29, 1.82) is 0 Å². The van der Waals surface area contributed by atoms with Gasteiger partial charge < -0.3 is 10.1 Å². The van der Waals surface area contributed by atoms with Gasteiger partial charge in [0.1, 0.15) is 0 Å². The molecule has 1 aliphatic carbocycles. The fourth-order valence-electron chi connectivity index (χ4n) is 4.37. The zero-order valence-corrected chi connectivity index (χ0v) is 15.2. The highest BCUT2D eigenvalue weighted by molar-refractivity contribution is 6.00. The molecule has 2 aliphatic rings.